The highest BCUT2D eigenvalue weighted by Gasteiger charge is 2.07. The first kappa shape index (κ1) is 17.6. The molecule has 1 amide bonds. The predicted octanol–water partition coefficient (Wildman–Crippen LogP) is 4.62. The lowest BCUT2D eigenvalue weighted by Crippen LogP contribution is -2.26. The molecule has 0 fully saturated rings. The van der Waals surface area contributed by atoms with E-state index in [0.29, 0.717) is 18.9 Å². The summed E-state index contributed by atoms with van der Waals surface area (Å²) in [6, 6.07) is 8.33. The van der Waals surface area contributed by atoms with Crippen LogP contribution in [0, 0.1) is 0 Å². The van der Waals surface area contributed by atoms with Gasteiger partial charge in [0.1, 0.15) is 0 Å². The lowest BCUT2D eigenvalue weighted by molar-refractivity contribution is -0.120. The maximum atomic E-state index is 11.9. The van der Waals surface area contributed by atoms with Gasteiger partial charge in [0, 0.05) is 25.2 Å². The number of carbonyl (C=O) groups excluding carboxylic acids is 1. The molecular formula is C20H30N2O. The molecule has 0 bridgehead atoms. The average Bonchev–Trinajstić information content (AvgIpc) is 2.56. The zero-order valence-electron chi connectivity index (χ0n) is 14.5. The molecule has 0 saturated heterocycles. The Labute approximate surface area is 140 Å². The van der Waals surface area contributed by atoms with E-state index in [1.54, 1.807) is 0 Å². The summed E-state index contributed by atoms with van der Waals surface area (Å²) in [4.78, 5) is 11.9. The number of amides is 1. The van der Waals surface area contributed by atoms with Crippen LogP contribution in [0.4, 0.5) is 5.69 Å². The Morgan fingerprint density at radius 1 is 1.17 bits per heavy atom. The van der Waals surface area contributed by atoms with Crippen molar-refractivity contribution in [1.82, 2.24) is 5.32 Å². The summed E-state index contributed by atoms with van der Waals surface area (Å²) in [5.74, 6) is 0.618. The monoisotopic (exact) mass is 314 g/mol. The smallest absolute Gasteiger partial charge is 0.221 e. The molecule has 0 spiro atoms. The van der Waals surface area contributed by atoms with E-state index in [1.807, 2.05) is 6.07 Å². The van der Waals surface area contributed by atoms with Gasteiger partial charge in [-0.05, 0) is 49.7 Å². The van der Waals surface area contributed by atoms with Crippen molar-refractivity contribution in [3.63, 3.8) is 0 Å². The van der Waals surface area contributed by atoms with Gasteiger partial charge in [0.2, 0.25) is 5.91 Å². The van der Waals surface area contributed by atoms with Crippen molar-refractivity contribution in [3.05, 3.63) is 41.5 Å². The van der Waals surface area contributed by atoms with Gasteiger partial charge in [-0.2, -0.15) is 0 Å². The molecule has 1 aromatic rings. The minimum atomic E-state index is 0.135. The molecule has 3 nitrogen and oxygen atoms in total. The zero-order valence-corrected chi connectivity index (χ0v) is 14.5. The number of allylic oxidation sites excluding steroid dienone is 1. The van der Waals surface area contributed by atoms with E-state index >= 15 is 0 Å². The lowest BCUT2D eigenvalue weighted by Gasteiger charge is -2.15. The van der Waals surface area contributed by atoms with Gasteiger partial charge >= 0.3 is 0 Å². The van der Waals surface area contributed by atoms with Crippen molar-refractivity contribution in [2.75, 3.05) is 18.4 Å². The number of para-hydroxylation sites is 1. The van der Waals surface area contributed by atoms with Crippen molar-refractivity contribution in [2.24, 2.45) is 0 Å². The van der Waals surface area contributed by atoms with E-state index in [4.69, 9.17) is 0 Å². The SMILES string of the molecule is CC(C)c1ccccc1NCCC(=O)NCCC1=CCCCC1. The highest BCUT2D eigenvalue weighted by atomic mass is 16.1. The molecule has 1 aliphatic rings. The van der Waals surface area contributed by atoms with Crippen LogP contribution in [0.5, 0.6) is 0 Å². The Bertz CT molecular complexity index is 534. The third kappa shape index (κ3) is 6.09. The first-order chi connectivity index (χ1) is 11.2. The quantitative estimate of drug-likeness (QED) is 0.687. The molecule has 126 valence electrons. The van der Waals surface area contributed by atoms with Crippen LogP contribution >= 0.6 is 0 Å². The predicted molar refractivity (Wildman–Crippen MR) is 97.8 cm³/mol. The first-order valence-corrected chi connectivity index (χ1v) is 8.94. The van der Waals surface area contributed by atoms with E-state index in [9.17, 15) is 4.79 Å². The standard InChI is InChI=1S/C20H30N2O/c1-16(2)18-10-6-7-11-19(18)21-15-13-20(23)22-14-12-17-8-4-3-5-9-17/h6-8,10-11,16,21H,3-5,9,12-15H2,1-2H3,(H,22,23). The van der Waals surface area contributed by atoms with Gasteiger partial charge in [0.05, 0.1) is 0 Å². The number of benzene rings is 1. The summed E-state index contributed by atoms with van der Waals surface area (Å²) in [6.45, 7) is 5.83. The fourth-order valence-electron chi connectivity index (χ4n) is 3.05. The van der Waals surface area contributed by atoms with Crippen molar-refractivity contribution in [1.29, 1.82) is 0 Å². The highest BCUT2D eigenvalue weighted by molar-refractivity contribution is 5.76. The Morgan fingerprint density at radius 3 is 2.74 bits per heavy atom. The molecule has 0 aromatic heterocycles. The molecule has 0 aliphatic heterocycles. The summed E-state index contributed by atoms with van der Waals surface area (Å²) in [5.41, 5.74) is 3.96. The van der Waals surface area contributed by atoms with Crippen LogP contribution in [0.3, 0.4) is 0 Å². The number of hydrogen-bond acceptors (Lipinski definition) is 2. The van der Waals surface area contributed by atoms with Crippen LogP contribution in [-0.4, -0.2) is 19.0 Å². The highest BCUT2D eigenvalue weighted by Crippen LogP contribution is 2.23. The molecule has 1 aliphatic carbocycles. The minimum Gasteiger partial charge on any atom is -0.384 e. The number of hydrogen-bond donors (Lipinski definition) is 2. The maximum absolute atomic E-state index is 11.9. The van der Waals surface area contributed by atoms with Crippen molar-refractivity contribution < 1.29 is 4.79 Å². The second-order valence-corrected chi connectivity index (χ2v) is 6.63. The average molecular weight is 314 g/mol. The van der Waals surface area contributed by atoms with E-state index in [-0.39, 0.29) is 5.91 Å². The van der Waals surface area contributed by atoms with Gasteiger partial charge in [0.15, 0.2) is 0 Å². The van der Waals surface area contributed by atoms with Gasteiger partial charge in [-0.15, -0.1) is 0 Å². The Kier molecular flexibility index (Phi) is 7.18. The fraction of sp³-hybridized carbons (Fsp3) is 0.550. The summed E-state index contributed by atoms with van der Waals surface area (Å²) < 4.78 is 0. The summed E-state index contributed by atoms with van der Waals surface area (Å²) in [5, 5.41) is 6.43. The molecule has 0 saturated carbocycles. The summed E-state index contributed by atoms with van der Waals surface area (Å²) in [6.07, 6.45) is 8.92. The maximum Gasteiger partial charge on any atom is 0.221 e. The normalized spacial score (nSPS) is 14.5. The van der Waals surface area contributed by atoms with Gasteiger partial charge in [-0.1, -0.05) is 43.7 Å². The van der Waals surface area contributed by atoms with E-state index < -0.39 is 0 Å². The van der Waals surface area contributed by atoms with E-state index in [2.05, 4.69) is 48.8 Å². The molecule has 0 atom stereocenters. The topological polar surface area (TPSA) is 41.1 Å². The van der Waals surface area contributed by atoms with E-state index in [1.165, 1.54) is 36.8 Å². The second kappa shape index (κ2) is 9.39. The number of rotatable bonds is 8. The molecule has 0 heterocycles. The molecule has 2 rings (SSSR count). The van der Waals surface area contributed by atoms with Crippen LogP contribution in [0.2, 0.25) is 0 Å². The molecule has 23 heavy (non-hydrogen) atoms. The molecule has 0 radical (unpaired) electrons. The fourth-order valence-corrected chi connectivity index (χ4v) is 3.05. The molecule has 3 heteroatoms. The minimum absolute atomic E-state index is 0.135. The summed E-state index contributed by atoms with van der Waals surface area (Å²) >= 11 is 0. The summed E-state index contributed by atoms with van der Waals surface area (Å²) in [7, 11) is 0. The van der Waals surface area contributed by atoms with Crippen molar-refractivity contribution in [3.8, 4) is 0 Å². The number of nitrogens with one attached hydrogen (secondary N) is 2. The molecule has 1 aromatic carbocycles. The Hall–Kier alpha value is -1.77. The van der Waals surface area contributed by atoms with Gasteiger partial charge in [-0.25, -0.2) is 0 Å². The van der Waals surface area contributed by atoms with Crippen LogP contribution in [0.1, 0.15) is 63.9 Å². The van der Waals surface area contributed by atoms with Crippen LogP contribution in [-0.2, 0) is 4.79 Å². The van der Waals surface area contributed by atoms with Crippen LogP contribution in [0.25, 0.3) is 0 Å². The second-order valence-electron chi connectivity index (χ2n) is 6.63. The van der Waals surface area contributed by atoms with Crippen molar-refractivity contribution >= 4 is 11.6 Å². The molecular weight excluding hydrogens is 284 g/mol. The van der Waals surface area contributed by atoms with Gasteiger partial charge in [0.25, 0.3) is 0 Å². The van der Waals surface area contributed by atoms with Crippen LogP contribution in [0.15, 0.2) is 35.9 Å². The number of anilines is 1. The van der Waals surface area contributed by atoms with Gasteiger partial charge < -0.3 is 10.6 Å². The lowest BCUT2D eigenvalue weighted by atomic mass is 9.97. The third-order valence-corrected chi connectivity index (χ3v) is 4.40. The third-order valence-electron chi connectivity index (χ3n) is 4.40. The molecule has 0 unspecified atom stereocenters. The Balaban J connectivity index is 1.66. The van der Waals surface area contributed by atoms with Crippen molar-refractivity contribution in [2.45, 2.75) is 58.3 Å². The number of carbonyl (C=O) groups is 1. The van der Waals surface area contributed by atoms with E-state index in [0.717, 1.165) is 18.7 Å². The largest absolute Gasteiger partial charge is 0.384 e. The van der Waals surface area contributed by atoms with Gasteiger partial charge in [-0.3, -0.25) is 4.79 Å². The first-order valence-electron chi connectivity index (χ1n) is 8.94. The van der Waals surface area contributed by atoms with Crippen LogP contribution < -0.4 is 10.6 Å². The Morgan fingerprint density at radius 2 is 2.00 bits per heavy atom. The zero-order chi connectivity index (χ0) is 16.5. The molecule has 2 N–H and O–H groups in total.